The fraction of sp³-hybridized carbons (Fsp3) is 0.360. The van der Waals surface area contributed by atoms with Crippen molar-refractivity contribution in [2.24, 2.45) is 0 Å². The van der Waals surface area contributed by atoms with Crippen LogP contribution >= 0.6 is 11.8 Å². The Balaban J connectivity index is 2.03. The molecule has 0 unspecified atom stereocenters. The monoisotopic (exact) mass is 420 g/mol. The Labute approximate surface area is 178 Å². The maximum Gasteiger partial charge on any atom is 0.129 e. The SMILES string of the molecule is Cc1cc(C#Cc2ccc(SCC[Si](C)(C)C)cc2)ccc1C#C[Si](C)(C)C. The minimum Gasteiger partial charge on any atom is -0.127 e. The smallest absolute Gasteiger partial charge is 0.127 e. The summed E-state index contributed by atoms with van der Waals surface area (Å²) < 4.78 is 0. The first kappa shape index (κ1) is 22.6. The summed E-state index contributed by atoms with van der Waals surface area (Å²) >= 11 is 1.96. The van der Waals surface area contributed by atoms with Crippen molar-refractivity contribution >= 4 is 27.9 Å². The van der Waals surface area contributed by atoms with Gasteiger partial charge in [-0.1, -0.05) is 57.0 Å². The maximum absolute atomic E-state index is 3.44. The zero-order valence-electron chi connectivity index (χ0n) is 18.4. The number of thioether (sulfide) groups is 1. The van der Waals surface area contributed by atoms with Crippen LogP contribution in [0.2, 0.25) is 45.3 Å². The van der Waals surface area contributed by atoms with Crippen molar-refractivity contribution in [1.82, 2.24) is 0 Å². The Morgan fingerprint density at radius 1 is 0.786 bits per heavy atom. The molecule has 0 bridgehead atoms. The van der Waals surface area contributed by atoms with E-state index in [1.54, 1.807) is 0 Å². The normalized spacial score (nSPS) is 11.2. The highest BCUT2D eigenvalue weighted by Gasteiger charge is 2.12. The summed E-state index contributed by atoms with van der Waals surface area (Å²) in [6, 6.07) is 16.3. The highest BCUT2D eigenvalue weighted by atomic mass is 32.2. The van der Waals surface area contributed by atoms with E-state index in [1.807, 2.05) is 11.8 Å². The lowest BCUT2D eigenvalue weighted by atomic mass is 10.1. The van der Waals surface area contributed by atoms with E-state index in [4.69, 9.17) is 0 Å². The van der Waals surface area contributed by atoms with Crippen molar-refractivity contribution < 1.29 is 0 Å². The lowest BCUT2D eigenvalue weighted by molar-refractivity contribution is 1.35. The number of benzene rings is 2. The third-order valence-electron chi connectivity index (χ3n) is 4.12. The largest absolute Gasteiger partial charge is 0.129 e. The lowest BCUT2D eigenvalue weighted by Gasteiger charge is -2.14. The third kappa shape index (κ3) is 8.57. The molecule has 0 N–H and O–H groups in total. The number of aryl methyl sites for hydroxylation is 1. The molecule has 2 aromatic carbocycles. The van der Waals surface area contributed by atoms with Gasteiger partial charge in [0.05, 0.1) is 0 Å². The van der Waals surface area contributed by atoms with Gasteiger partial charge in [0.2, 0.25) is 0 Å². The molecule has 0 aliphatic rings. The molecule has 0 nitrogen and oxygen atoms in total. The average Bonchev–Trinajstić information content (AvgIpc) is 2.58. The molecule has 0 radical (unpaired) electrons. The van der Waals surface area contributed by atoms with Crippen LogP contribution in [0.25, 0.3) is 0 Å². The number of rotatable bonds is 4. The molecule has 2 aromatic rings. The van der Waals surface area contributed by atoms with Crippen LogP contribution in [0.1, 0.15) is 22.3 Å². The van der Waals surface area contributed by atoms with E-state index in [-0.39, 0.29) is 0 Å². The van der Waals surface area contributed by atoms with Crippen molar-refractivity contribution in [3.63, 3.8) is 0 Å². The summed E-state index contributed by atoms with van der Waals surface area (Å²) in [5.41, 5.74) is 7.87. The standard InChI is InChI=1S/C25H32SSi2/c1-21-20-23(10-13-24(21)16-18-27(2,3)4)9-8-22-11-14-25(15-12-22)26-17-19-28(5,6)7/h10-15,20H,17,19H2,1-7H3. The predicted molar refractivity (Wildman–Crippen MR) is 133 cm³/mol. The predicted octanol–water partition coefficient (Wildman–Crippen LogP) is 7.05. The van der Waals surface area contributed by atoms with Crippen LogP contribution in [0.15, 0.2) is 47.4 Å². The van der Waals surface area contributed by atoms with E-state index < -0.39 is 16.1 Å². The molecule has 0 aliphatic carbocycles. The summed E-state index contributed by atoms with van der Waals surface area (Å²) in [6.45, 7) is 16.2. The average molecular weight is 421 g/mol. The van der Waals surface area contributed by atoms with Crippen LogP contribution in [0.3, 0.4) is 0 Å². The van der Waals surface area contributed by atoms with Crippen molar-refractivity contribution in [2.75, 3.05) is 5.75 Å². The van der Waals surface area contributed by atoms with E-state index in [0.717, 1.165) is 16.7 Å². The summed E-state index contributed by atoms with van der Waals surface area (Å²) in [5, 5.41) is 0. The summed E-state index contributed by atoms with van der Waals surface area (Å²) in [6.07, 6.45) is 0. The molecule has 0 aliphatic heterocycles. The van der Waals surface area contributed by atoms with Crippen LogP contribution in [0.5, 0.6) is 0 Å². The van der Waals surface area contributed by atoms with Gasteiger partial charge in [-0.15, -0.1) is 17.3 Å². The minimum absolute atomic E-state index is 0.945. The Kier molecular flexibility index (Phi) is 7.84. The summed E-state index contributed by atoms with van der Waals surface area (Å²) in [5.74, 6) is 11.1. The van der Waals surface area contributed by atoms with E-state index in [9.17, 15) is 0 Å². The van der Waals surface area contributed by atoms with Crippen LogP contribution in [-0.2, 0) is 0 Å². The lowest BCUT2D eigenvalue weighted by Crippen LogP contribution is -2.19. The highest BCUT2D eigenvalue weighted by Crippen LogP contribution is 2.22. The second-order valence-corrected chi connectivity index (χ2v) is 21.0. The molecule has 0 aromatic heterocycles. The van der Waals surface area contributed by atoms with E-state index in [1.165, 1.54) is 22.3 Å². The van der Waals surface area contributed by atoms with Gasteiger partial charge in [-0.05, 0) is 66.7 Å². The second kappa shape index (κ2) is 9.70. The molecular formula is C25H32SSi2. The first-order valence-corrected chi connectivity index (χ1v) is 18.1. The van der Waals surface area contributed by atoms with Gasteiger partial charge < -0.3 is 0 Å². The maximum atomic E-state index is 3.44. The highest BCUT2D eigenvalue weighted by molar-refractivity contribution is 7.99. The Morgan fingerprint density at radius 2 is 1.39 bits per heavy atom. The van der Waals surface area contributed by atoms with Gasteiger partial charge in [-0.2, -0.15) is 0 Å². The van der Waals surface area contributed by atoms with Gasteiger partial charge in [-0.3, -0.25) is 0 Å². The number of hydrogen-bond acceptors (Lipinski definition) is 1. The third-order valence-corrected chi connectivity index (χ3v) is 8.13. The van der Waals surface area contributed by atoms with Crippen molar-refractivity contribution in [1.29, 1.82) is 0 Å². The van der Waals surface area contributed by atoms with Gasteiger partial charge in [0.25, 0.3) is 0 Å². The van der Waals surface area contributed by atoms with Crippen LogP contribution in [-0.4, -0.2) is 21.9 Å². The van der Waals surface area contributed by atoms with Gasteiger partial charge >= 0.3 is 0 Å². The molecule has 146 valence electrons. The fourth-order valence-electron chi connectivity index (χ4n) is 2.39. The zero-order chi connectivity index (χ0) is 20.8. The second-order valence-electron chi connectivity index (χ2n) is 9.46. The summed E-state index contributed by atoms with van der Waals surface area (Å²) in [7, 11) is -2.29. The van der Waals surface area contributed by atoms with E-state index in [0.29, 0.717) is 0 Å². The quantitative estimate of drug-likeness (QED) is 0.290. The molecular weight excluding hydrogens is 389 g/mol. The molecule has 2 rings (SSSR count). The van der Waals surface area contributed by atoms with Crippen LogP contribution < -0.4 is 0 Å². The molecule has 28 heavy (non-hydrogen) atoms. The first-order valence-electron chi connectivity index (χ1n) is 9.91. The molecule has 0 saturated carbocycles. The molecule has 0 amide bonds. The molecule has 0 saturated heterocycles. The first-order chi connectivity index (χ1) is 13.0. The van der Waals surface area contributed by atoms with Gasteiger partial charge in [-0.25, -0.2) is 0 Å². The molecule has 3 heteroatoms. The Hall–Kier alpha value is -1.66. The van der Waals surface area contributed by atoms with Gasteiger partial charge in [0.1, 0.15) is 8.07 Å². The van der Waals surface area contributed by atoms with Gasteiger partial charge in [0.15, 0.2) is 0 Å². The molecule has 0 fully saturated rings. The van der Waals surface area contributed by atoms with Gasteiger partial charge in [0, 0.05) is 29.7 Å². The molecule has 0 heterocycles. The zero-order valence-corrected chi connectivity index (χ0v) is 21.2. The van der Waals surface area contributed by atoms with E-state index >= 15 is 0 Å². The summed E-state index contributed by atoms with van der Waals surface area (Å²) in [4.78, 5) is 1.34. The number of hydrogen-bond donors (Lipinski definition) is 0. The Morgan fingerprint density at radius 3 is 1.96 bits per heavy atom. The topological polar surface area (TPSA) is 0 Å². The molecule has 0 spiro atoms. The van der Waals surface area contributed by atoms with Crippen molar-refractivity contribution in [3.05, 3.63) is 64.7 Å². The van der Waals surface area contributed by atoms with Crippen LogP contribution in [0, 0.1) is 30.2 Å². The molecule has 0 atom stereocenters. The van der Waals surface area contributed by atoms with Crippen molar-refractivity contribution in [3.8, 4) is 23.3 Å². The Bertz CT molecular complexity index is 921. The minimum atomic E-state index is -1.35. The van der Waals surface area contributed by atoms with Crippen LogP contribution in [0.4, 0.5) is 0 Å². The van der Waals surface area contributed by atoms with Crippen molar-refractivity contribution in [2.45, 2.75) is 57.1 Å². The fourth-order valence-corrected chi connectivity index (χ4v) is 6.32. The van der Waals surface area contributed by atoms with E-state index in [2.05, 4.69) is 112 Å².